The van der Waals surface area contributed by atoms with E-state index in [0.717, 1.165) is 0 Å². The van der Waals surface area contributed by atoms with Crippen LogP contribution in [0.25, 0.3) is 0 Å². The van der Waals surface area contributed by atoms with Gasteiger partial charge in [-0.3, -0.25) is 9.34 Å². The van der Waals surface area contributed by atoms with Crippen molar-refractivity contribution in [3.05, 3.63) is 29.8 Å². The maximum absolute atomic E-state index is 2.32. The summed E-state index contributed by atoms with van der Waals surface area (Å²) in [7, 11) is 12.5. The van der Waals surface area contributed by atoms with E-state index < -0.39 is 8.22 Å². The second-order valence-electron chi connectivity index (χ2n) is 5.18. The first-order chi connectivity index (χ1) is 8.36. The predicted molar refractivity (Wildman–Crippen MR) is 82.5 cm³/mol. The van der Waals surface area contributed by atoms with Gasteiger partial charge in [-0.05, 0) is 54.8 Å². The summed E-state index contributed by atoms with van der Waals surface area (Å²) < 4.78 is 4.63. The van der Waals surface area contributed by atoms with Crippen molar-refractivity contribution < 1.29 is 0 Å². The van der Waals surface area contributed by atoms with Crippen molar-refractivity contribution in [2.24, 2.45) is 0 Å². The van der Waals surface area contributed by atoms with E-state index in [9.17, 15) is 0 Å². The van der Waals surface area contributed by atoms with Gasteiger partial charge in [0.05, 0.1) is 8.22 Å². The molecule has 0 saturated carbocycles. The Bertz CT molecular complexity index is 369. The molecule has 0 fully saturated rings. The lowest BCUT2D eigenvalue weighted by Crippen LogP contribution is -2.29. The molecule has 0 aliphatic carbocycles. The molecule has 1 rings (SSSR count). The van der Waals surface area contributed by atoms with E-state index in [-0.39, 0.29) is 0 Å². The molecule has 0 amide bonds. The SMILES string of the molecule is C[C@H](c1ccccc1P(N(C)C)N(C)C)N(C)C. The highest BCUT2D eigenvalue weighted by Crippen LogP contribution is 2.40. The van der Waals surface area contributed by atoms with Crippen molar-refractivity contribution in [1.29, 1.82) is 0 Å². The van der Waals surface area contributed by atoms with Crippen molar-refractivity contribution in [3.63, 3.8) is 0 Å². The first-order valence-corrected chi connectivity index (χ1v) is 7.51. The lowest BCUT2D eigenvalue weighted by molar-refractivity contribution is 0.322. The lowest BCUT2D eigenvalue weighted by Gasteiger charge is -2.34. The maximum atomic E-state index is 2.32. The highest BCUT2D eigenvalue weighted by Gasteiger charge is 2.22. The van der Waals surface area contributed by atoms with Gasteiger partial charge in [0.15, 0.2) is 0 Å². The summed E-state index contributed by atoms with van der Waals surface area (Å²) in [5, 5.41) is 1.45. The molecule has 3 nitrogen and oxygen atoms in total. The molecule has 0 heterocycles. The van der Waals surface area contributed by atoms with E-state index >= 15 is 0 Å². The number of benzene rings is 1. The van der Waals surface area contributed by atoms with Gasteiger partial charge in [0.25, 0.3) is 0 Å². The molecule has 1 aromatic rings. The highest BCUT2D eigenvalue weighted by atomic mass is 31.1. The molecule has 0 saturated heterocycles. The molecule has 102 valence electrons. The fourth-order valence-electron chi connectivity index (χ4n) is 2.09. The van der Waals surface area contributed by atoms with Gasteiger partial charge in [0.2, 0.25) is 0 Å². The monoisotopic (exact) mass is 267 g/mol. The van der Waals surface area contributed by atoms with Crippen molar-refractivity contribution in [3.8, 4) is 0 Å². The summed E-state index contributed by atoms with van der Waals surface area (Å²) in [6, 6.07) is 9.23. The Morgan fingerprint density at radius 3 is 1.83 bits per heavy atom. The third-order valence-corrected chi connectivity index (χ3v) is 5.49. The molecular formula is C14H26N3P. The Morgan fingerprint density at radius 1 is 0.889 bits per heavy atom. The fourth-order valence-corrected chi connectivity index (χ4v) is 4.38. The smallest absolute Gasteiger partial charge is 0.0717 e. The molecule has 0 spiro atoms. The van der Waals surface area contributed by atoms with Crippen molar-refractivity contribution in [2.45, 2.75) is 13.0 Å². The predicted octanol–water partition coefficient (Wildman–Crippen LogP) is 2.37. The second kappa shape index (κ2) is 6.63. The maximum Gasteiger partial charge on any atom is 0.0717 e. The van der Waals surface area contributed by atoms with Crippen LogP contribution in [-0.4, -0.2) is 56.5 Å². The lowest BCUT2D eigenvalue weighted by atomic mass is 10.1. The Kier molecular flexibility index (Phi) is 5.74. The minimum Gasteiger partial charge on any atom is -0.303 e. The Hall–Kier alpha value is -0.470. The molecule has 1 atom stereocenters. The van der Waals surface area contributed by atoms with E-state index in [1.54, 1.807) is 0 Å². The highest BCUT2D eigenvalue weighted by molar-refractivity contribution is 7.61. The summed E-state index contributed by atoms with van der Waals surface area (Å²) in [6.45, 7) is 2.26. The molecule has 0 aromatic heterocycles. The Morgan fingerprint density at radius 2 is 1.39 bits per heavy atom. The molecule has 0 bridgehead atoms. The number of rotatable bonds is 5. The van der Waals surface area contributed by atoms with Crippen LogP contribution in [-0.2, 0) is 0 Å². The summed E-state index contributed by atoms with van der Waals surface area (Å²) in [5.41, 5.74) is 1.43. The molecule has 1 aromatic carbocycles. The van der Waals surface area contributed by atoms with Gasteiger partial charge in [-0.1, -0.05) is 24.3 Å². The number of hydrogen-bond acceptors (Lipinski definition) is 3. The first-order valence-electron chi connectivity index (χ1n) is 6.26. The third kappa shape index (κ3) is 3.52. The van der Waals surface area contributed by atoms with Gasteiger partial charge in [-0.2, -0.15) is 0 Å². The minimum atomic E-state index is -0.412. The normalized spacial score (nSPS) is 13.9. The van der Waals surface area contributed by atoms with Crippen LogP contribution in [0.2, 0.25) is 0 Å². The van der Waals surface area contributed by atoms with Gasteiger partial charge in [0, 0.05) is 11.3 Å². The summed E-state index contributed by atoms with van der Waals surface area (Å²) in [6.07, 6.45) is 0. The topological polar surface area (TPSA) is 9.72 Å². The summed E-state index contributed by atoms with van der Waals surface area (Å²) in [5.74, 6) is 0. The standard InChI is InChI=1S/C14H26N3P/c1-12(15(2)3)13-10-8-9-11-14(13)18(16(4)5)17(6)7/h8-12H,1-7H3/t12-/m1/s1. The van der Waals surface area contributed by atoms with Crippen LogP contribution in [0.5, 0.6) is 0 Å². The largest absolute Gasteiger partial charge is 0.303 e. The fraction of sp³-hybridized carbons (Fsp3) is 0.571. The van der Waals surface area contributed by atoms with Gasteiger partial charge in [0.1, 0.15) is 0 Å². The van der Waals surface area contributed by atoms with Crippen LogP contribution >= 0.6 is 8.22 Å². The van der Waals surface area contributed by atoms with Crippen molar-refractivity contribution >= 4 is 13.5 Å². The second-order valence-corrected chi connectivity index (χ2v) is 7.84. The van der Waals surface area contributed by atoms with E-state index in [1.165, 1.54) is 10.9 Å². The van der Waals surface area contributed by atoms with E-state index in [4.69, 9.17) is 0 Å². The number of nitrogens with zero attached hydrogens (tertiary/aromatic N) is 3. The molecule has 0 aliphatic rings. The summed E-state index contributed by atoms with van der Waals surface area (Å²) in [4.78, 5) is 2.26. The van der Waals surface area contributed by atoms with Crippen LogP contribution in [0.1, 0.15) is 18.5 Å². The zero-order valence-electron chi connectivity index (χ0n) is 12.7. The van der Waals surface area contributed by atoms with Crippen LogP contribution < -0.4 is 5.30 Å². The Balaban J connectivity index is 3.22. The molecule has 0 N–H and O–H groups in total. The van der Waals surface area contributed by atoms with Gasteiger partial charge >= 0.3 is 0 Å². The van der Waals surface area contributed by atoms with Crippen molar-refractivity contribution in [1.82, 2.24) is 14.2 Å². The van der Waals surface area contributed by atoms with E-state index in [0.29, 0.717) is 6.04 Å². The average Bonchev–Trinajstić information content (AvgIpc) is 2.27. The zero-order chi connectivity index (χ0) is 13.9. The molecule has 4 heteroatoms. The van der Waals surface area contributed by atoms with Crippen molar-refractivity contribution in [2.75, 3.05) is 42.3 Å². The van der Waals surface area contributed by atoms with Gasteiger partial charge in [-0.25, -0.2) is 0 Å². The van der Waals surface area contributed by atoms with Crippen LogP contribution in [0.4, 0.5) is 0 Å². The quantitative estimate of drug-likeness (QED) is 0.758. The van der Waals surface area contributed by atoms with Crippen LogP contribution in [0.15, 0.2) is 24.3 Å². The average molecular weight is 267 g/mol. The molecule has 0 radical (unpaired) electrons. The number of hydrogen-bond donors (Lipinski definition) is 0. The molecular weight excluding hydrogens is 241 g/mol. The minimum absolute atomic E-state index is 0.412. The van der Waals surface area contributed by atoms with Crippen LogP contribution in [0.3, 0.4) is 0 Å². The van der Waals surface area contributed by atoms with Gasteiger partial charge in [-0.15, -0.1) is 0 Å². The van der Waals surface area contributed by atoms with E-state index in [2.05, 4.69) is 87.7 Å². The van der Waals surface area contributed by atoms with Gasteiger partial charge < -0.3 is 4.90 Å². The van der Waals surface area contributed by atoms with E-state index in [1.807, 2.05) is 0 Å². The molecule has 18 heavy (non-hydrogen) atoms. The first kappa shape index (κ1) is 15.6. The van der Waals surface area contributed by atoms with Crippen LogP contribution in [0, 0.1) is 0 Å². The molecule has 0 aliphatic heterocycles. The Labute approximate surface area is 113 Å². The zero-order valence-corrected chi connectivity index (χ0v) is 13.6. The summed E-state index contributed by atoms with van der Waals surface area (Å²) >= 11 is 0. The third-order valence-electron chi connectivity index (χ3n) is 3.13. The molecule has 0 unspecified atom stereocenters.